The first-order valence-corrected chi connectivity index (χ1v) is 7.30. The first-order valence-electron chi connectivity index (χ1n) is 5.69. The standard InChI is InChI=1S/C10H22N2O3S/c1-9-4-5-12(8-10(9)11)16(13,14)7-3-6-15-2/h9-10H,3-8,11H2,1-2H3. The van der Waals surface area contributed by atoms with Crippen molar-refractivity contribution in [2.45, 2.75) is 25.8 Å². The van der Waals surface area contributed by atoms with Crippen LogP contribution in [0.1, 0.15) is 19.8 Å². The Hall–Kier alpha value is -0.170. The third-order valence-electron chi connectivity index (χ3n) is 3.12. The van der Waals surface area contributed by atoms with Crippen LogP contribution in [0.2, 0.25) is 0 Å². The van der Waals surface area contributed by atoms with Gasteiger partial charge in [-0.2, -0.15) is 0 Å². The summed E-state index contributed by atoms with van der Waals surface area (Å²) in [6.07, 6.45) is 1.39. The molecule has 2 atom stereocenters. The molecule has 1 heterocycles. The molecule has 0 aromatic heterocycles. The van der Waals surface area contributed by atoms with Crippen molar-refractivity contribution in [3.63, 3.8) is 0 Å². The molecule has 5 nitrogen and oxygen atoms in total. The second-order valence-corrected chi connectivity index (χ2v) is 6.54. The van der Waals surface area contributed by atoms with Crippen LogP contribution in [0, 0.1) is 5.92 Å². The second kappa shape index (κ2) is 5.95. The number of nitrogens with zero attached hydrogens (tertiary/aromatic N) is 1. The Bertz CT molecular complexity index is 305. The van der Waals surface area contributed by atoms with E-state index in [9.17, 15) is 8.42 Å². The summed E-state index contributed by atoms with van der Waals surface area (Å²) in [6.45, 7) is 3.61. The fraction of sp³-hybridized carbons (Fsp3) is 1.00. The molecule has 1 aliphatic rings. The predicted octanol–water partition coefficient (Wildman–Crippen LogP) is 0.0218. The molecule has 1 saturated heterocycles. The van der Waals surface area contributed by atoms with Crippen LogP contribution < -0.4 is 5.73 Å². The van der Waals surface area contributed by atoms with E-state index in [1.54, 1.807) is 7.11 Å². The van der Waals surface area contributed by atoms with E-state index in [1.165, 1.54) is 4.31 Å². The molecule has 0 aromatic rings. The summed E-state index contributed by atoms with van der Waals surface area (Å²) in [4.78, 5) is 0. The summed E-state index contributed by atoms with van der Waals surface area (Å²) in [5.41, 5.74) is 5.89. The minimum atomic E-state index is -3.14. The minimum Gasteiger partial charge on any atom is -0.385 e. The molecule has 1 rings (SSSR count). The molecule has 1 aliphatic heterocycles. The zero-order valence-corrected chi connectivity index (χ0v) is 10.9. The summed E-state index contributed by atoms with van der Waals surface area (Å²) >= 11 is 0. The highest BCUT2D eigenvalue weighted by atomic mass is 32.2. The van der Waals surface area contributed by atoms with E-state index < -0.39 is 10.0 Å². The van der Waals surface area contributed by atoms with Gasteiger partial charge >= 0.3 is 0 Å². The third kappa shape index (κ3) is 3.69. The number of hydrogen-bond acceptors (Lipinski definition) is 4. The highest BCUT2D eigenvalue weighted by Crippen LogP contribution is 2.18. The van der Waals surface area contributed by atoms with Crippen LogP contribution in [-0.4, -0.2) is 51.3 Å². The maximum absolute atomic E-state index is 11.9. The molecule has 2 unspecified atom stereocenters. The van der Waals surface area contributed by atoms with Gasteiger partial charge in [0.2, 0.25) is 10.0 Å². The van der Waals surface area contributed by atoms with Gasteiger partial charge in [-0.1, -0.05) is 6.92 Å². The quantitative estimate of drug-likeness (QED) is 0.698. The van der Waals surface area contributed by atoms with E-state index in [0.29, 0.717) is 32.0 Å². The number of rotatable bonds is 5. The van der Waals surface area contributed by atoms with Crippen LogP contribution in [-0.2, 0) is 14.8 Å². The Morgan fingerprint density at radius 2 is 2.19 bits per heavy atom. The molecule has 96 valence electrons. The van der Waals surface area contributed by atoms with Crippen molar-refractivity contribution in [3.8, 4) is 0 Å². The fourth-order valence-corrected chi connectivity index (χ4v) is 3.36. The lowest BCUT2D eigenvalue weighted by atomic mass is 9.96. The van der Waals surface area contributed by atoms with Crippen LogP contribution in [0.15, 0.2) is 0 Å². The van der Waals surface area contributed by atoms with Crippen molar-refractivity contribution in [2.75, 3.05) is 32.6 Å². The number of hydrogen-bond donors (Lipinski definition) is 1. The van der Waals surface area contributed by atoms with Crippen LogP contribution in [0.25, 0.3) is 0 Å². The number of ether oxygens (including phenoxy) is 1. The predicted molar refractivity (Wildman–Crippen MR) is 63.6 cm³/mol. The Morgan fingerprint density at radius 1 is 1.50 bits per heavy atom. The average Bonchev–Trinajstić information content (AvgIpc) is 2.22. The number of nitrogens with two attached hydrogens (primary N) is 1. The normalized spacial score (nSPS) is 28.2. The van der Waals surface area contributed by atoms with Crippen LogP contribution in [0.5, 0.6) is 0 Å². The van der Waals surface area contributed by atoms with Gasteiger partial charge in [0.05, 0.1) is 5.75 Å². The molecular weight excluding hydrogens is 228 g/mol. The Kier molecular flexibility index (Phi) is 5.17. The van der Waals surface area contributed by atoms with E-state index >= 15 is 0 Å². The van der Waals surface area contributed by atoms with E-state index in [2.05, 4.69) is 6.92 Å². The highest BCUT2D eigenvalue weighted by molar-refractivity contribution is 7.89. The van der Waals surface area contributed by atoms with Gasteiger partial charge in [-0.05, 0) is 18.8 Å². The van der Waals surface area contributed by atoms with Crippen molar-refractivity contribution in [1.29, 1.82) is 0 Å². The van der Waals surface area contributed by atoms with Gasteiger partial charge in [-0.15, -0.1) is 0 Å². The molecular formula is C10H22N2O3S. The number of piperidine rings is 1. The zero-order valence-electron chi connectivity index (χ0n) is 10.1. The Morgan fingerprint density at radius 3 is 2.75 bits per heavy atom. The summed E-state index contributed by atoms with van der Waals surface area (Å²) < 4.78 is 30.2. The monoisotopic (exact) mass is 250 g/mol. The first kappa shape index (κ1) is 13.9. The summed E-state index contributed by atoms with van der Waals surface area (Å²) in [7, 11) is -1.56. The van der Waals surface area contributed by atoms with E-state index in [1.807, 2.05) is 0 Å². The third-order valence-corrected chi connectivity index (χ3v) is 5.05. The van der Waals surface area contributed by atoms with Crippen LogP contribution in [0.3, 0.4) is 0 Å². The van der Waals surface area contributed by atoms with Gasteiger partial charge in [-0.3, -0.25) is 0 Å². The summed E-state index contributed by atoms with van der Waals surface area (Å²) in [6, 6.07) is -0.0362. The van der Waals surface area contributed by atoms with Gasteiger partial charge in [0, 0.05) is 32.8 Å². The lowest BCUT2D eigenvalue weighted by Gasteiger charge is -2.34. The van der Waals surface area contributed by atoms with Gasteiger partial charge in [-0.25, -0.2) is 12.7 Å². The van der Waals surface area contributed by atoms with Gasteiger partial charge in [0.15, 0.2) is 0 Å². The summed E-state index contributed by atoms with van der Waals surface area (Å²) in [5.74, 6) is 0.563. The second-order valence-electron chi connectivity index (χ2n) is 4.45. The molecule has 2 N–H and O–H groups in total. The molecule has 1 fully saturated rings. The number of sulfonamides is 1. The number of methoxy groups -OCH3 is 1. The largest absolute Gasteiger partial charge is 0.385 e. The molecule has 0 aliphatic carbocycles. The Balaban J connectivity index is 2.49. The maximum atomic E-state index is 11.9. The SMILES string of the molecule is COCCCS(=O)(=O)N1CCC(C)C(N)C1. The van der Waals surface area contributed by atoms with Crippen LogP contribution in [0.4, 0.5) is 0 Å². The molecule has 6 heteroatoms. The minimum absolute atomic E-state index is 0.0362. The summed E-state index contributed by atoms with van der Waals surface area (Å²) in [5, 5.41) is 0. The first-order chi connectivity index (χ1) is 7.47. The molecule has 0 saturated carbocycles. The molecule has 0 spiro atoms. The molecule has 0 radical (unpaired) electrons. The highest BCUT2D eigenvalue weighted by Gasteiger charge is 2.30. The fourth-order valence-electron chi connectivity index (χ4n) is 1.84. The average molecular weight is 250 g/mol. The van der Waals surface area contributed by atoms with Crippen molar-refractivity contribution in [3.05, 3.63) is 0 Å². The van der Waals surface area contributed by atoms with Gasteiger partial charge in [0.1, 0.15) is 0 Å². The van der Waals surface area contributed by atoms with Crippen molar-refractivity contribution >= 4 is 10.0 Å². The van der Waals surface area contributed by atoms with Gasteiger partial charge in [0.25, 0.3) is 0 Å². The molecule has 16 heavy (non-hydrogen) atoms. The van der Waals surface area contributed by atoms with Crippen molar-refractivity contribution in [2.24, 2.45) is 11.7 Å². The maximum Gasteiger partial charge on any atom is 0.214 e. The van der Waals surface area contributed by atoms with E-state index in [0.717, 1.165) is 6.42 Å². The smallest absolute Gasteiger partial charge is 0.214 e. The van der Waals surface area contributed by atoms with E-state index in [-0.39, 0.29) is 11.8 Å². The van der Waals surface area contributed by atoms with Crippen molar-refractivity contribution in [1.82, 2.24) is 4.31 Å². The zero-order chi connectivity index (χ0) is 12.2. The van der Waals surface area contributed by atoms with Crippen molar-refractivity contribution < 1.29 is 13.2 Å². The van der Waals surface area contributed by atoms with Crippen LogP contribution >= 0.6 is 0 Å². The van der Waals surface area contributed by atoms with Gasteiger partial charge < -0.3 is 10.5 Å². The molecule has 0 amide bonds. The lowest BCUT2D eigenvalue weighted by molar-refractivity contribution is 0.198. The topological polar surface area (TPSA) is 72.6 Å². The molecule has 0 aromatic carbocycles. The Labute approximate surface area is 98.0 Å². The lowest BCUT2D eigenvalue weighted by Crippen LogP contribution is -2.50. The van der Waals surface area contributed by atoms with E-state index in [4.69, 9.17) is 10.5 Å². The molecule has 0 bridgehead atoms.